The summed E-state index contributed by atoms with van der Waals surface area (Å²) in [6, 6.07) is 7.50. The lowest BCUT2D eigenvalue weighted by Crippen LogP contribution is -2.29. The highest BCUT2D eigenvalue weighted by Crippen LogP contribution is 2.05. The van der Waals surface area contributed by atoms with E-state index in [4.69, 9.17) is 0 Å². The molecule has 0 aliphatic carbocycles. The molecule has 0 atom stereocenters. The minimum Gasteiger partial charge on any atom is -0.367 e. The smallest absolute Gasteiger partial charge is 0.251 e. The maximum atomic E-state index is 11.9. The predicted molar refractivity (Wildman–Crippen MR) is 78.8 cm³/mol. The fourth-order valence-electron chi connectivity index (χ4n) is 1.75. The van der Waals surface area contributed by atoms with Crippen molar-refractivity contribution in [2.75, 3.05) is 18.4 Å². The van der Waals surface area contributed by atoms with E-state index >= 15 is 0 Å². The van der Waals surface area contributed by atoms with Gasteiger partial charge in [0.25, 0.3) is 5.91 Å². The second kappa shape index (κ2) is 6.65. The van der Waals surface area contributed by atoms with E-state index in [1.165, 1.54) is 0 Å². The van der Waals surface area contributed by atoms with Gasteiger partial charge in [0.2, 0.25) is 0 Å². The van der Waals surface area contributed by atoms with Gasteiger partial charge in [-0.1, -0.05) is 17.7 Å². The molecule has 1 aromatic carbocycles. The molecule has 0 fully saturated rings. The highest BCUT2D eigenvalue weighted by Gasteiger charge is 2.04. The van der Waals surface area contributed by atoms with E-state index in [1.807, 2.05) is 38.1 Å². The van der Waals surface area contributed by atoms with E-state index in [0.29, 0.717) is 18.7 Å². The number of carbonyl (C=O) groups excluding carboxylic acids is 1. The molecule has 20 heavy (non-hydrogen) atoms. The topological polar surface area (TPSA) is 66.9 Å². The van der Waals surface area contributed by atoms with Gasteiger partial charge >= 0.3 is 0 Å². The van der Waals surface area contributed by atoms with E-state index in [-0.39, 0.29) is 5.91 Å². The van der Waals surface area contributed by atoms with E-state index in [0.717, 1.165) is 17.1 Å². The minimum absolute atomic E-state index is 0.0670. The average Bonchev–Trinajstić information content (AvgIpc) is 2.46. The largest absolute Gasteiger partial charge is 0.367 e. The molecule has 0 spiro atoms. The van der Waals surface area contributed by atoms with Crippen LogP contribution >= 0.6 is 0 Å². The van der Waals surface area contributed by atoms with Gasteiger partial charge in [0.05, 0.1) is 5.69 Å². The van der Waals surface area contributed by atoms with Crippen molar-refractivity contribution in [3.05, 3.63) is 53.5 Å². The number of aryl methyl sites for hydroxylation is 2. The van der Waals surface area contributed by atoms with Gasteiger partial charge in [-0.05, 0) is 26.0 Å². The van der Waals surface area contributed by atoms with Gasteiger partial charge in [-0.3, -0.25) is 9.78 Å². The zero-order valence-electron chi connectivity index (χ0n) is 11.7. The third-order valence-electron chi connectivity index (χ3n) is 2.90. The summed E-state index contributed by atoms with van der Waals surface area (Å²) in [5, 5.41) is 6.00. The Balaban J connectivity index is 1.77. The minimum atomic E-state index is -0.0670. The number of nitrogens with zero attached hydrogens (tertiary/aromatic N) is 2. The highest BCUT2D eigenvalue weighted by atomic mass is 16.1. The first-order chi connectivity index (χ1) is 9.66. The van der Waals surface area contributed by atoms with Crippen molar-refractivity contribution in [1.29, 1.82) is 0 Å². The van der Waals surface area contributed by atoms with Gasteiger partial charge < -0.3 is 10.6 Å². The van der Waals surface area contributed by atoms with Crippen LogP contribution in [0, 0.1) is 13.8 Å². The summed E-state index contributed by atoms with van der Waals surface area (Å²) in [5.74, 6) is 0.680. The van der Waals surface area contributed by atoms with Crippen LogP contribution in [-0.4, -0.2) is 29.0 Å². The summed E-state index contributed by atoms with van der Waals surface area (Å²) in [5.41, 5.74) is 2.66. The third-order valence-corrected chi connectivity index (χ3v) is 2.90. The summed E-state index contributed by atoms with van der Waals surface area (Å²) in [6.45, 7) is 5.02. The van der Waals surface area contributed by atoms with E-state index in [9.17, 15) is 4.79 Å². The molecular weight excluding hydrogens is 252 g/mol. The van der Waals surface area contributed by atoms with E-state index in [1.54, 1.807) is 12.4 Å². The lowest BCUT2D eigenvalue weighted by Gasteiger charge is -2.08. The molecule has 1 heterocycles. The number of hydrogen-bond acceptors (Lipinski definition) is 4. The summed E-state index contributed by atoms with van der Waals surface area (Å²) in [7, 11) is 0. The molecule has 0 aliphatic rings. The van der Waals surface area contributed by atoms with Crippen molar-refractivity contribution in [2.24, 2.45) is 0 Å². The van der Waals surface area contributed by atoms with Crippen molar-refractivity contribution in [1.82, 2.24) is 15.3 Å². The predicted octanol–water partition coefficient (Wildman–Crippen LogP) is 1.94. The molecular formula is C15H18N4O. The third kappa shape index (κ3) is 3.78. The fourth-order valence-corrected chi connectivity index (χ4v) is 1.75. The Morgan fingerprint density at radius 1 is 1.05 bits per heavy atom. The molecule has 5 heteroatoms. The number of benzene rings is 1. The first-order valence-electron chi connectivity index (χ1n) is 6.53. The molecule has 1 aromatic heterocycles. The van der Waals surface area contributed by atoms with Crippen LogP contribution in [0.4, 0.5) is 5.82 Å². The van der Waals surface area contributed by atoms with Crippen molar-refractivity contribution in [3.8, 4) is 0 Å². The fraction of sp³-hybridized carbons (Fsp3) is 0.267. The van der Waals surface area contributed by atoms with Gasteiger partial charge in [0.15, 0.2) is 0 Å². The molecule has 1 amide bonds. The lowest BCUT2D eigenvalue weighted by atomic mass is 10.1. The van der Waals surface area contributed by atoms with Crippen molar-refractivity contribution in [3.63, 3.8) is 0 Å². The number of hydrogen-bond donors (Lipinski definition) is 2. The highest BCUT2D eigenvalue weighted by molar-refractivity contribution is 5.94. The Kier molecular flexibility index (Phi) is 4.65. The summed E-state index contributed by atoms with van der Waals surface area (Å²) in [6.07, 6.45) is 3.29. The van der Waals surface area contributed by atoms with Gasteiger partial charge in [-0.25, -0.2) is 4.98 Å². The van der Waals surface area contributed by atoms with Crippen LogP contribution in [0.25, 0.3) is 0 Å². The molecule has 5 nitrogen and oxygen atoms in total. The number of nitrogens with one attached hydrogen (secondary N) is 2. The standard InChI is InChI=1S/C15H18N4O/c1-11-3-5-13(6-4-11)15(20)19-10-9-18-14-12(2)16-7-8-17-14/h3-8H,9-10H2,1-2H3,(H,17,18)(H,19,20). The Labute approximate surface area is 118 Å². The van der Waals surface area contributed by atoms with Crippen LogP contribution in [0.3, 0.4) is 0 Å². The zero-order valence-corrected chi connectivity index (χ0v) is 11.7. The van der Waals surface area contributed by atoms with Crippen LogP contribution in [0.1, 0.15) is 21.6 Å². The Morgan fingerprint density at radius 3 is 2.45 bits per heavy atom. The monoisotopic (exact) mass is 270 g/mol. The SMILES string of the molecule is Cc1ccc(C(=O)NCCNc2nccnc2C)cc1. The number of amides is 1. The van der Waals surface area contributed by atoms with Crippen molar-refractivity contribution >= 4 is 11.7 Å². The summed E-state index contributed by atoms with van der Waals surface area (Å²) in [4.78, 5) is 20.2. The van der Waals surface area contributed by atoms with E-state index < -0.39 is 0 Å². The van der Waals surface area contributed by atoms with Crippen LogP contribution in [0.15, 0.2) is 36.7 Å². The molecule has 0 bridgehead atoms. The molecule has 0 unspecified atom stereocenters. The second-order valence-corrected chi connectivity index (χ2v) is 4.54. The van der Waals surface area contributed by atoms with Crippen molar-refractivity contribution in [2.45, 2.75) is 13.8 Å². The molecule has 2 N–H and O–H groups in total. The van der Waals surface area contributed by atoms with Crippen LogP contribution < -0.4 is 10.6 Å². The maximum absolute atomic E-state index is 11.9. The Bertz CT molecular complexity index is 581. The van der Waals surface area contributed by atoms with E-state index in [2.05, 4.69) is 20.6 Å². The van der Waals surface area contributed by atoms with Crippen LogP contribution in [0.2, 0.25) is 0 Å². The number of rotatable bonds is 5. The molecule has 2 rings (SSSR count). The Hall–Kier alpha value is -2.43. The summed E-state index contributed by atoms with van der Waals surface area (Å²) >= 11 is 0. The molecule has 0 aliphatic heterocycles. The molecule has 0 saturated carbocycles. The zero-order chi connectivity index (χ0) is 14.4. The van der Waals surface area contributed by atoms with Crippen LogP contribution in [-0.2, 0) is 0 Å². The first-order valence-corrected chi connectivity index (χ1v) is 6.53. The summed E-state index contributed by atoms with van der Waals surface area (Å²) < 4.78 is 0. The molecule has 0 saturated heterocycles. The molecule has 2 aromatic rings. The van der Waals surface area contributed by atoms with Crippen LogP contribution in [0.5, 0.6) is 0 Å². The first kappa shape index (κ1) is 14.0. The molecule has 0 radical (unpaired) electrons. The van der Waals surface area contributed by atoms with Crippen molar-refractivity contribution < 1.29 is 4.79 Å². The number of aromatic nitrogens is 2. The average molecular weight is 270 g/mol. The quantitative estimate of drug-likeness (QED) is 0.815. The maximum Gasteiger partial charge on any atom is 0.251 e. The Morgan fingerprint density at radius 2 is 1.75 bits per heavy atom. The normalized spacial score (nSPS) is 10.1. The van der Waals surface area contributed by atoms with Gasteiger partial charge in [0.1, 0.15) is 5.82 Å². The van der Waals surface area contributed by atoms with Gasteiger partial charge in [-0.2, -0.15) is 0 Å². The number of carbonyl (C=O) groups is 1. The van der Waals surface area contributed by atoms with Gasteiger partial charge in [0, 0.05) is 31.0 Å². The lowest BCUT2D eigenvalue weighted by molar-refractivity contribution is 0.0955. The van der Waals surface area contributed by atoms with Gasteiger partial charge in [-0.15, -0.1) is 0 Å². The second-order valence-electron chi connectivity index (χ2n) is 4.54. The molecule has 104 valence electrons. The number of anilines is 1.